The van der Waals surface area contributed by atoms with Crippen LogP contribution < -0.4 is 15.5 Å². The molecule has 3 N–H and O–H groups in total. The Morgan fingerprint density at radius 3 is 2.76 bits per heavy atom. The number of anilines is 1. The molecule has 2 aliphatic rings. The highest BCUT2D eigenvalue weighted by atomic mass is 16.5. The van der Waals surface area contributed by atoms with Gasteiger partial charge in [0.05, 0.1) is 18.8 Å². The average Bonchev–Trinajstić information content (AvgIpc) is 3.14. The molecule has 1 aromatic carbocycles. The van der Waals surface area contributed by atoms with E-state index in [1.807, 2.05) is 32.0 Å². The number of ether oxygens (including phenoxy) is 1. The van der Waals surface area contributed by atoms with E-state index in [2.05, 4.69) is 26.6 Å². The summed E-state index contributed by atoms with van der Waals surface area (Å²) in [6.07, 6.45) is 0.883. The van der Waals surface area contributed by atoms with Gasteiger partial charge in [-0.05, 0) is 31.9 Å². The molecule has 1 atom stereocenters. The quantitative estimate of drug-likeness (QED) is 0.446. The number of benzene rings is 1. The van der Waals surface area contributed by atoms with Gasteiger partial charge >= 0.3 is 0 Å². The number of morpholine rings is 1. The summed E-state index contributed by atoms with van der Waals surface area (Å²) in [6.45, 7) is 9.20. The summed E-state index contributed by atoms with van der Waals surface area (Å²) >= 11 is 0. The molecule has 0 aromatic heterocycles. The number of carbonyl (C=O) groups is 1. The molecule has 1 saturated heterocycles. The number of rotatable bonds is 7. The van der Waals surface area contributed by atoms with E-state index in [1.165, 1.54) is 5.56 Å². The zero-order chi connectivity index (χ0) is 20.7. The number of nitrogens with one attached hydrogen (secondary N) is 2. The number of fused-ring (bicyclic) bond motifs is 1. The summed E-state index contributed by atoms with van der Waals surface area (Å²) in [6, 6.07) is 8.00. The SMILES string of the molecule is CCNC(=NCC(=O)N1CCc2ccccc21)NCC(C)(O)CN1CCOCC1. The third-order valence-corrected chi connectivity index (χ3v) is 5.21. The van der Waals surface area contributed by atoms with E-state index in [4.69, 9.17) is 4.74 Å². The van der Waals surface area contributed by atoms with E-state index in [0.29, 0.717) is 45.4 Å². The number of aliphatic imine (C=N–C) groups is 1. The van der Waals surface area contributed by atoms with Gasteiger partial charge in [-0.2, -0.15) is 0 Å². The first-order chi connectivity index (χ1) is 14.0. The van der Waals surface area contributed by atoms with Crippen LogP contribution in [0.5, 0.6) is 0 Å². The lowest BCUT2D eigenvalue weighted by Crippen LogP contribution is -2.53. The molecule has 8 nitrogen and oxygen atoms in total. The molecule has 0 spiro atoms. The molecule has 0 bridgehead atoms. The molecule has 2 heterocycles. The number of guanidine groups is 1. The zero-order valence-electron chi connectivity index (χ0n) is 17.5. The average molecular weight is 404 g/mol. The summed E-state index contributed by atoms with van der Waals surface area (Å²) in [5.41, 5.74) is 1.28. The van der Waals surface area contributed by atoms with Crippen molar-refractivity contribution in [2.75, 3.05) is 63.9 Å². The third-order valence-electron chi connectivity index (χ3n) is 5.21. The van der Waals surface area contributed by atoms with E-state index in [1.54, 1.807) is 4.90 Å². The van der Waals surface area contributed by atoms with Crippen molar-refractivity contribution < 1.29 is 14.6 Å². The third kappa shape index (κ3) is 6.16. The van der Waals surface area contributed by atoms with Crippen molar-refractivity contribution >= 4 is 17.6 Å². The van der Waals surface area contributed by atoms with E-state index >= 15 is 0 Å². The lowest BCUT2D eigenvalue weighted by Gasteiger charge is -2.34. The van der Waals surface area contributed by atoms with Gasteiger partial charge in [-0.1, -0.05) is 18.2 Å². The Balaban J connectivity index is 1.53. The van der Waals surface area contributed by atoms with E-state index in [0.717, 1.165) is 25.2 Å². The first-order valence-corrected chi connectivity index (χ1v) is 10.4. The van der Waals surface area contributed by atoms with Crippen molar-refractivity contribution in [1.29, 1.82) is 0 Å². The molecule has 29 heavy (non-hydrogen) atoms. The highest BCUT2D eigenvalue weighted by Crippen LogP contribution is 2.27. The Morgan fingerprint density at radius 1 is 1.24 bits per heavy atom. The number of para-hydroxylation sites is 1. The zero-order valence-corrected chi connectivity index (χ0v) is 17.5. The van der Waals surface area contributed by atoms with Crippen molar-refractivity contribution in [2.45, 2.75) is 25.9 Å². The number of hydrogen-bond donors (Lipinski definition) is 3. The second-order valence-corrected chi connectivity index (χ2v) is 7.86. The Kier molecular flexibility index (Phi) is 7.46. The van der Waals surface area contributed by atoms with Crippen LogP contribution in [-0.2, 0) is 16.0 Å². The number of nitrogens with zero attached hydrogens (tertiary/aromatic N) is 3. The largest absolute Gasteiger partial charge is 0.387 e. The Morgan fingerprint density at radius 2 is 2.00 bits per heavy atom. The van der Waals surface area contributed by atoms with Crippen molar-refractivity contribution in [3.05, 3.63) is 29.8 Å². The molecular formula is C21H33N5O3. The topological polar surface area (TPSA) is 89.4 Å². The number of β-amino-alcohol motifs (C(OH)–C–C–N with tert-alkyl or cyclic N) is 1. The number of carbonyl (C=O) groups excluding carboxylic acids is 1. The summed E-state index contributed by atoms with van der Waals surface area (Å²) in [5, 5.41) is 17.1. The monoisotopic (exact) mass is 403 g/mol. The van der Waals surface area contributed by atoms with Crippen molar-refractivity contribution in [1.82, 2.24) is 15.5 Å². The van der Waals surface area contributed by atoms with Crippen LogP contribution >= 0.6 is 0 Å². The van der Waals surface area contributed by atoms with Crippen LogP contribution in [0, 0.1) is 0 Å². The summed E-state index contributed by atoms with van der Waals surface area (Å²) < 4.78 is 5.36. The molecule has 0 saturated carbocycles. The van der Waals surface area contributed by atoms with Gasteiger partial charge in [0, 0.05) is 45.0 Å². The lowest BCUT2D eigenvalue weighted by molar-refractivity contribution is -0.117. The maximum atomic E-state index is 12.7. The first kappa shape index (κ1) is 21.5. The Hall–Kier alpha value is -2.16. The molecule has 8 heteroatoms. The van der Waals surface area contributed by atoms with E-state index in [-0.39, 0.29) is 12.5 Å². The molecule has 3 rings (SSSR count). The molecule has 1 amide bonds. The van der Waals surface area contributed by atoms with E-state index in [9.17, 15) is 9.90 Å². The fraction of sp³-hybridized carbons (Fsp3) is 0.619. The van der Waals surface area contributed by atoms with Gasteiger partial charge in [-0.15, -0.1) is 0 Å². The maximum absolute atomic E-state index is 12.7. The number of aliphatic hydroxyl groups is 1. The number of hydrogen-bond acceptors (Lipinski definition) is 5. The second kappa shape index (κ2) is 10.0. The molecule has 1 aromatic rings. The van der Waals surface area contributed by atoms with Crippen molar-refractivity contribution in [3.8, 4) is 0 Å². The molecule has 0 aliphatic carbocycles. The smallest absolute Gasteiger partial charge is 0.248 e. The normalized spacial score (nSPS) is 19.6. The summed E-state index contributed by atoms with van der Waals surface area (Å²) in [4.78, 5) is 21.1. The Bertz CT molecular complexity index is 716. The molecule has 0 radical (unpaired) electrons. The van der Waals surface area contributed by atoms with Crippen LogP contribution in [0.3, 0.4) is 0 Å². The highest BCUT2D eigenvalue weighted by molar-refractivity contribution is 5.98. The van der Waals surface area contributed by atoms with Crippen LogP contribution in [0.25, 0.3) is 0 Å². The highest BCUT2D eigenvalue weighted by Gasteiger charge is 2.26. The van der Waals surface area contributed by atoms with Gasteiger partial charge in [-0.25, -0.2) is 4.99 Å². The number of amides is 1. The van der Waals surface area contributed by atoms with Crippen LogP contribution in [0.2, 0.25) is 0 Å². The maximum Gasteiger partial charge on any atom is 0.248 e. The van der Waals surface area contributed by atoms with Crippen LogP contribution in [-0.4, -0.2) is 86.5 Å². The van der Waals surface area contributed by atoms with Gasteiger partial charge in [-0.3, -0.25) is 9.69 Å². The van der Waals surface area contributed by atoms with Gasteiger partial charge in [0.15, 0.2) is 5.96 Å². The molecule has 1 unspecified atom stereocenters. The fourth-order valence-corrected chi connectivity index (χ4v) is 3.74. The van der Waals surface area contributed by atoms with Crippen LogP contribution in [0.15, 0.2) is 29.3 Å². The summed E-state index contributed by atoms with van der Waals surface area (Å²) in [5.74, 6) is 0.516. The van der Waals surface area contributed by atoms with E-state index < -0.39 is 5.60 Å². The van der Waals surface area contributed by atoms with Crippen molar-refractivity contribution in [3.63, 3.8) is 0 Å². The second-order valence-electron chi connectivity index (χ2n) is 7.86. The molecule has 2 aliphatic heterocycles. The lowest BCUT2D eigenvalue weighted by atomic mass is 10.1. The molecular weight excluding hydrogens is 370 g/mol. The summed E-state index contributed by atoms with van der Waals surface area (Å²) in [7, 11) is 0. The van der Waals surface area contributed by atoms with Gasteiger partial charge < -0.3 is 25.4 Å². The van der Waals surface area contributed by atoms with Crippen LogP contribution in [0.1, 0.15) is 19.4 Å². The van der Waals surface area contributed by atoms with Gasteiger partial charge in [0.25, 0.3) is 0 Å². The van der Waals surface area contributed by atoms with Gasteiger partial charge in [0.1, 0.15) is 6.54 Å². The first-order valence-electron chi connectivity index (χ1n) is 10.4. The minimum absolute atomic E-state index is 0.0211. The van der Waals surface area contributed by atoms with Crippen LogP contribution in [0.4, 0.5) is 5.69 Å². The Labute approximate surface area is 172 Å². The van der Waals surface area contributed by atoms with Crippen molar-refractivity contribution in [2.24, 2.45) is 4.99 Å². The predicted molar refractivity (Wildman–Crippen MR) is 114 cm³/mol. The predicted octanol–water partition coefficient (Wildman–Crippen LogP) is 0.214. The fourth-order valence-electron chi connectivity index (χ4n) is 3.74. The minimum Gasteiger partial charge on any atom is -0.387 e. The standard InChI is InChI=1S/C21H33N5O3/c1-3-22-20(24-15-21(2,28)16-25-10-12-29-13-11-25)23-14-19(27)26-9-8-17-6-4-5-7-18(17)26/h4-7,28H,3,8-16H2,1-2H3,(H2,22,23,24). The molecule has 160 valence electrons. The van der Waals surface area contributed by atoms with Gasteiger partial charge in [0.2, 0.25) is 5.91 Å². The minimum atomic E-state index is -0.911. The molecule has 1 fully saturated rings.